The Hall–Kier alpha value is -2.30. The topological polar surface area (TPSA) is 64.4 Å². The molecule has 0 radical (unpaired) electrons. The summed E-state index contributed by atoms with van der Waals surface area (Å²) in [5.74, 6) is 0.413. The SMILES string of the molecule is CCc1nccn1CCOc1ccccc1C(=O)O. The molecule has 1 aromatic carbocycles. The van der Waals surface area contributed by atoms with E-state index in [9.17, 15) is 4.79 Å². The minimum absolute atomic E-state index is 0.184. The number of carboxylic acids is 1. The maximum Gasteiger partial charge on any atom is 0.339 e. The molecule has 0 aliphatic heterocycles. The Labute approximate surface area is 111 Å². The van der Waals surface area contributed by atoms with Crippen LogP contribution in [0, 0.1) is 0 Å². The highest BCUT2D eigenvalue weighted by Crippen LogP contribution is 2.17. The summed E-state index contributed by atoms with van der Waals surface area (Å²) in [6.45, 7) is 3.10. The van der Waals surface area contributed by atoms with Crippen molar-refractivity contribution in [2.75, 3.05) is 6.61 Å². The van der Waals surface area contributed by atoms with E-state index in [0.29, 0.717) is 18.9 Å². The molecule has 0 fully saturated rings. The molecule has 0 aliphatic carbocycles. The van der Waals surface area contributed by atoms with Crippen molar-refractivity contribution in [2.45, 2.75) is 19.9 Å². The molecule has 0 aliphatic rings. The molecule has 5 nitrogen and oxygen atoms in total. The molecule has 1 aromatic heterocycles. The number of nitrogens with zero attached hydrogens (tertiary/aromatic N) is 2. The number of hydrogen-bond acceptors (Lipinski definition) is 3. The van der Waals surface area contributed by atoms with Crippen molar-refractivity contribution in [3.8, 4) is 5.75 Å². The van der Waals surface area contributed by atoms with Gasteiger partial charge in [0.05, 0.1) is 6.54 Å². The number of rotatable bonds is 6. The average Bonchev–Trinajstić information content (AvgIpc) is 2.86. The van der Waals surface area contributed by atoms with Crippen LogP contribution in [0.4, 0.5) is 0 Å². The molecular formula is C14H16N2O3. The highest BCUT2D eigenvalue weighted by molar-refractivity contribution is 5.90. The summed E-state index contributed by atoms with van der Waals surface area (Å²) in [6, 6.07) is 6.64. The molecule has 0 amide bonds. The highest BCUT2D eigenvalue weighted by atomic mass is 16.5. The van der Waals surface area contributed by atoms with E-state index < -0.39 is 5.97 Å². The first kappa shape index (κ1) is 13.1. The van der Waals surface area contributed by atoms with Crippen LogP contribution in [-0.4, -0.2) is 27.2 Å². The summed E-state index contributed by atoms with van der Waals surface area (Å²) in [5, 5.41) is 9.04. The van der Waals surface area contributed by atoms with Crippen molar-refractivity contribution in [3.63, 3.8) is 0 Å². The van der Waals surface area contributed by atoms with Gasteiger partial charge in [0, 0.05) is 18.8 Å². The summed E-state index contributed by atoms with van der Waals surface area (Å²) >= 11 is 0. The number of carbonyl (C=O) groups is 1. The van der Waals surface area contributed by atoms with Gasteiger partial charge in [0.15, 0.2) is 0 Å². The zero-order valence-electron chi connectivity index (χ0n) is 10.7. The van der Waals surface area contributed by atoms with Crippen LogP contribution in [0.15, 0.2) is 36.7 Å². The third-order valence-corrected chi connectivity index (χ3v) is 2.83. The van der Waals surface area contributed by atoms with Gasteiger partial charge in [0.1, 0.15) is 23.7 Å². The molecule has 2 aromatic rings. The van der Waals surface area contributed by atoms with Gasteiger partial charge < -0.3 is 14.4 Å². The Morgan fingerprint density at radius 1 is 1.42 bits per heavy atom. The number of para-hydroxylation sites is 1. The molecule has 0 atom stereocenters. The first-order valence-corrected chi connectivity index (χ1v) is 6.17. The van der Waals surface area contributed by atoms with Crippen LogP contribution in [0.3, 0.4) is 0 Å². The van der Waals surface area contributed by atoms with E-state index in [4.69, 9.17) is 9.84 Å². The van der Waals surface area contributed by atoms with Gasteiger partial charge in [-0.05, 0) is 12.1 Å². The van der Waals surface area contributed by atoms with Gasteiger partial charge in [0.2, 0.25) is 0 Å². The predicted molar refractivity (Wildman–Crippen MR) is 70.5 cm³/mol. The van der Waals surface area contributed by atoms with Gasteiger partial charge in [-0.15, -0.1) is 0 Å². The standard InChI is InChI=1S/C14H16N2O3/c1-2-13-15-7-8-16(13)9-10-19-12-6-4-3-5-11(12)14(17)18/h3-8H,2,9-10H2,1H3,(H,17,18). The largest absolute Gasteiger partial charge is 0.491 e. The van der Waals surface area contributed by atoms with Crippen molar-refractivity contribution in [2.24, 2.45) is 0 Å². The normalized spacial score (nSPS) is 10.4. The lowest BCUT2D eigenvalue weighted by atomic mass is 10.2. The fourth-order valence-electron chi connectivity index (χ4n) is 1.88. The second-order valence-corrected chi connectivity index (χ2v) is 4.04. The smallest absolute Gasteiger partial charge is 0.339 e. The lowest BCUT2D eigenvalue weighted by molar-refractivity contribution is 0.0692. The molecular weight excluding hydrogens is 244 g/mol. The van der Waals surface area contributed by atoms with Crippen LogP contribution in [0.25, 0.3) is 0 Å². The van der Waals surface area contributed by atoms with Crippen molar-refractivity contribution in [1.29, 1.82) is 0 Å². The summed E-state index contributed by atoms with van der Waals surface area (Å²) in [7, 11) is 0. The Balaban J connectivity index is 1.98. The number of aryl methyl sites for hydroxylation is 1. The van der Waals surface area contributed by atoms with E-state index >= 15 is 0 Å². The van der Waals surface area contributed by atoms with Crippen LogP contribution < -0.4 is 4.74 Å². The molecule has 0 saturated heterocycles. The zero-order chi connectivity index (χ0) is 13.7. The molecule has 19 heavy (non-hydrogen) atoms. The Morgan fingerprint density at radius 2 is 2.21 bits per heavy atom. The second-order valence-electron chi connectivity index (χ2n) is 4.04. The summed E-state index contributed by atoms with van der Waals surface area (Å²) < 4.78 is 7.55. The Bertz CT molecular complexity index is 563. The van der Waals surface area contributed by atoms with Gasteiger partial charge in [-0.1, -0.05) is 19.1 Å². The lowest BCUT2D eigenvalue weighted by Crippen LogP contribution is -2.11. The van der Waals surface area contributed by atoms with E-state index in [-0.39, 0.29) is 5.56 Å². The van der Waals surface area contributed by atoms with Crippen molar-refractivity contribution in [3.05, 3.63) is 48.0 Å². The molecule has 0 spiro atoms. The molecule has 0 saturated carbocycles. The third-order valence-electron chi connectivity index (χ3n) is 2.83. The predicted octanol–water partition coefficient (Wildman–Crippen LogP) is 2.22. The monoisotopic (exact) mass is 260 g/mol. The van der Waals surface area contributed by atoms with Crippen LogP contribution >= 0.6 is 0 Å². The van der Waals surface area contributed by atoms with E-state index in [1.165, 1.54) is 6.07 Å². The van der Waals surface area contributed by atoms with Gasteiger partial charge in [-0.3, -0.25) is 0 Å². The minimum atomic E-state index is -0.979. The molecule has 1 N–H and O–H groups in total. The molecule has 0 unspecified atom stereocenters. The van der Waals surface area contributed by atoms with Crippen molar-refractivity contribution < 1.29 is 14.6 Å². The number of aromatic nitrogens is 2. The summed E-state index contributed by atoms with van der Waals surface area (Å²) in [6.07, 6.45) is 4.51. The fraction of sp³-hybridized carbons (Fsp3) is 0.286. The zero-order valence-corrected chi connectivity index (χ0v) is 10.7. The van der Waals surface area contributed by atoms with Gasteiger partial charge >= 0.3 is 5.97 Å². The molecule has 5 heteroatoms. The number of imidazole rings is 1. The molecule has 1 heterocycles. The number of benzene rings is 1. The maximum atomic E-state index is 11.0. The third kappa shape index (κ3) is 3.13. The van der Waals surface area contributed by atoms with Crippen molar-refractivity contribution >= 4 is 5.97 Å². The number of ether oxygens (including phenoxy) is 1. The summed E-state index contributed by atoms with van der Waals surface area (Å²) in [4.78, 5) is 15.2. The van der Waals surface area contributed by atoms with Gasteiger partial charge in [-0.2, -0.15) is 0 Å². The van der Waals surface area contributed by atoms with Crippen LogP contribution in [0.2, 0.25) is 0 Å². The van der Waals surface area contributed by atoms with Crippen molar-refractivity contribution in [1.82, 2.24) is 9.55 Å². The average molecular weight is 260 g/mol. The second kappa shape index (κ2) is 6.04. The molecule has 100 valence electrons. The number of carboxylic acid groups (broad SMARTS) is 1. The van der Waals surface area contributed by atoms with Gasteiger partial charge in [-0.25, -0.2) is 9.78 Å². The van der Waals surface area contributed by atoms with Crippen LogP contribution in [0.5, 0.6) is 5.75 Å². The molecule has 0 bridgehead atoms. The first-order valence-electron chi connectivity index (χ1n) is 6.17. The lowest BCUT2D eigenvalue weighted by Gasteiger charge is -2.10. The Kier molecular flexibility index (Phi) is 4.18. The Morgan fingerprint density at radius 3 is 2.95 bits per heavy atom. The van der Waals surface area contributed by atoms with E-state index in [1.54, 1.807) is 24.4 Å². The van der Waals surface area contributed by atoms with Crippen LogP contribution in [0.1, 0.15) is 23.1 Å². The number of hydrogen-bond donors (Lipinski definition) is 1. The first-order chi connectivity index (χ1) is 9.22. The fourth-order valence-corrected chi connectivity index (χ4v) is 1.88. The van der Waals surface area contributed by atoms with Gasteiger partial charge in [0.25, 0.3) is 0 Å². The van der Waals surface area contributed by atoms with E-state index in [0.717, 1.165) is 12.2 Å². The van der Waals surface area contributed by atoms with Crippen LogP contribution in [-0.2, 0) is 13.0 Å². The quantitative estimate of drug-likeness (QED) is 0.865. The number of aromatic carboxylic acids is 1. The van der Waals surface area contributed by atoms with E-state index in [1.807, 2.05) is 17.7 Å². The highest BCUT2D eigenvalue weighted by Gasteiger charge is 2.10. The van der Waals surface area contributed by atoms with E-state index in [2.05, 4.69) is 4.98 Å². The molecule has 2 rings (SSSR count). The summed E-state index contributed by atoms with van der Waals surface area (Å²) in [5.41, 5.74) is 0.184. The minimum Gasteiger partial charge on any atom is -0.491 e. The maximum absolute atomic E-state index is 11.0.